The Hall–Kier alpha value is -1.86. The fraction of sp³-hybridized carbons (Fsp3) is 0.385. The van der Waals surface area contributed by atoms with E-state index in [-0.39, 0.29) is 0 Å². The molecule has 0 saturated carbocycles. The molecule has 0 heterocycles. The summed E-state index contributed by atoms with van der Waals surface area (Å²) in [6.45, 7) is 1.84. The molecule has 0 N–H and O–H groups in total. The number of methoxy groups -OCH3 is 1. The van der Waals surface area contributed by atoms with Gasteiger partial charge in [0.2, 0.25) is 0 Å². The van der Waals surface area contributed by atoms with Crippen LogP contribution in [0.15, 0.2) is 24.3 Å². The summed E-state index contributed by atoms with van der Waals surface area (Å²) in [5.74, 6) is 0. The Morgan fingerprint density at radius 1 is 1.41 bits per heavy atom. The normalized spacial score (nSPS) is 9.65. The summed E-state index contributed by atoms with van der Waals surface area (Å²) < 4.78 is 5.03. The van der Waals surface area contributed by atoms with E-state index < -0.39 is 0 Å². The molecule has 0 radical (unpaired) electrons. The van der Waals surface area contributed by atoms with Crippen LogP contribution in [0.4, 0.5) is 5.69 Å². The van der Waals surface area contributed by atoms with E-state index in [1.807, 2.05) is 23.1 Å². The van der Waals surface area contributed by atoms with Crippen LogP contribution < -0.4 is 4.90 Å². The lowest BCUT2D eigenvalue weighted by molar-refractivity contribution is 0.112. The summed E-state index contributed by atoms with van der Waals surface area (Å²) in [5.41, 5.74) is 1.50. The lowest BCUT2D eigenvalue weighted by atomic mass is 10.1. The third-order valence-electron chi connectivity index (χ3n) is 2.46. The minimum atomic E-state index is 0.427. The quantitative estimate of drug-likeness (QED) is 0.673. The number of aldehydes is 1. The first kappa shape index (κ1) is 13.2. The van der Waals surface area contributed by atoms with Crippen LogP contribution in [0.1, 0.15) is 16.8 Å². The van der Waals surface area contributed by atoms with Crippen LogP contribution in [0.25, 0.3) is 0 Å². The first-order valence-electron chi connectivity index (χ1n) is 5.48. The summed E-state index contributed by atoms with van der Waals surface area (Å²) >= 11 is 0. The molecule has 0 atom stereocenters. The predicted molar refractivity (Wildman–Crippen MR) is 66.1 cm³/mol. The molecule has 4 nitrogen and oxygen atoms in total. The number of nitriles is 1. The number of hydrogen-bond donors (Lipinski definition) is 0. The average molecular weight is 232 g/mol. The number of ether oxygens (including phenoxy) is 1. The van der Waals surface area contributed by atoms with Gasteiger partial charge in [0.15, 0.2) is 6.29 Å². The third-order valence-corrected chi connectivity index (χ3v) is 2.46. The van der Waals surface area contributed by atoms with E-state index in [0.29, 0.717) is 31.7 Å². The van der Waals surface area contributed by atoms with Crippen LogP contribution in [-0.4, -0.2) is 33.1 Å². The lowest BCUT2D eigenvalue weighted by Gasteiger charge is -2.24. The van der Waals surface area contributed by atoms with Gasteiger partial charge in [-0.2, -0.15) is 5.26 Å². The van der Waals surface area contributed by atoms with Crippen LogP contribution in [0.3, 0.4) is 0 Å². The molecule has 1 rings (SSSR count). The maximum atomic E-state index is 11.0. The molecule has 0 aliphatic carbocycles. The molecular weight excluding hydrogens is 216 g/mol. The standard InChI is InChI=1S/C13H16N2O2/c1-17-10-9-15(8-4-7-14)13-6-3-2-5-12(13)11-16/h2-3,5-6,11H,4,8-10H2,1H3. The number of nitrogens with zero attached hydrogens (tertiary/aromatic N) is 2. The van der Waals surface area contributed by atoms with E-state index in [1.54, 1.807) is 13.2 Å². The van der Waals surface area contributed by atoms with E-state index in [0.717, 1.165) is 12.0 Å². The Kier molecular flexibility index (Phi) is 5.76. The summed E-state index contributed by atoms with van der Waals surface area (Å²) in [5, 5.41) is 8.64. The third kappa shape index (κ3) is 3.89. The number of carbonyl (C=O) groups excluding carboxylic acids is 1. The Bertz CT molecular complexity index is 399. The Balaban J connectivity index is 2.86. The summed E-state index contributed by atoms with van der Waals surface area (Å²) in [6.07, 6.45) is 1.26. The fourth-order valence-corrected chi connectivity index (χ4v) is 1.61. The minimum absolute atomic E-state index is 0.427. The van der Waals surface area contributed by atoms with Gasteiger partial charge >= 0.3 is 0 Å². The number of hydrogen-bond acceptors (Lipinski definition) is 4. The molecule has 0 aliphatic heterocycles. The second-order valence-corrected chi connectivity index (χ2v) is 3.56. The molecule has 0 fully saturated rings. The maximum absolute atomic E-state index is 11.0. The van der Waals surface area contributed by atoms with Crippen molar-refractivity contribution in [3.05, 3.63) is 29.8 Å². The first-order valence-corrected chi connectivity index (χ1v) is 5.48. The van der Waals surface area contributed by atoms with Crippen molar-refractivity contribution in [2.24, 2.45) is 0 Å². The Labute approximate surface area is 101 Å². The zero-order valence-corrected chi connectivity index (χ0v) is 9.93. The number of para-hydroxylation sites is 1. The maximum Gasteiger partial charge on any atom is 0.152 e. The van der Waals surface area contributed by atoms with Crippen molar-refractivity contribution in [2.75, 3.05) is 31.7 Å². The molecule has 0 aliphatic rings. The highest BCUT2D eigenvalue weighted by Gasteiger charge is 2.09. The molecule has 0 bridgehead atoms. The molecule has 4 heteroatoms. The van der Waals surface area contributed by atoms with E-state index in [2.05, 4.69) is 6.07 Å². The smallest absolute Gasteiger partial charge is 0.152 e. The summed E-state index contributed by atoms with van der Waals surface area (Å²) in [4.78, 5) is 13.0. The van der Waals surface area contributed by atoms with E-state index in [4.69, 9.17) is 10.00 Å². The Morgan fingerprint density at radius 3 is 2.82 bits per heavy atom. The van der Waals surface area contributed by atoms with Gasteiger partial charge in [-0.1, -0.05) is 12.1 Å². The van der Waals surface area contributed by atoms with Crippen molar-refractivity contribution in [1.29, 1.82) is 5.26 Å². The van der Waals surface area contributed by atoms with Crippen LogP contribution in [-0.2, 0) is 4.74 Å². The van der Waals surface area contributed by atoms with Gasteiger partial charge in [-0.25, -0.2) is 0 Å². The Morgan fingerprint density at radius 2 is 2.18 bits per heavy atom. The number of anilines is 1. The highest BCUT2D eigenvalue weighted by atomic mass is 16.5. The molecule has 1 aromatic carbocycles. The molecular formula is C13H16N2O2. The largest absolute Gasteiger partial charge is 0.383 e. The van der Waals surface area contributed by atoms with Gasteiger partial charge in [-0.15, -0.1) is 0 Å². The lowest BCUT2D eigenvalue weighted by Crippen LogP contribution is -2.29. The van der Waals surface area contributed by atoms with Gasteiger partial charge < -0.3 is 9.64 Å². The summed E-state index contributed by atoms with van der Waals surface area (Å²) in [7, 11) is 1.63. The van der Waals surface area contributed by atoms with Crippen molar-refractivity contribution in [3.8, 4) is 6.07 Å². The van der Waals surface area contributed by atoms with Crippen LogP contribution >= 0.6 is 0 Å². The second kappa shape index (κ2) is 7.42. The number of benzene rings is 1. The van der Waals surface area contributed by atoms with Gasteiger partial charge in [-0.05, 0) is 12.1 Å². The van der Waals surface area contributed by atoms with Crippen molar-refractivity contribution >= 4 is 12.0 Å². The SMILES string of the molecule is COCCN(CCC#N)c1ccccc1C=O. The van der Waals surface area contributed by atoms with Gasteiger partial charge in [-0.3, -0.25) is 4.79 Å². The van der Waals surface area contributed by atoms with Crippen molar-refractivity contribution in [1.82, 2.24) is 0 Å². The molecule has 0 spiro atoms. The zero-order valence-electron chi connectivity index (χ0n) is 9.93. The first-order chi connectivity index (χ1) is 8.33. The molecule has 17 heavy (non-hydrogen) atoms. The molecule has 90 valence electrons. The molecule has 1 aromatic rings. The van der Waals surface area contributed by atoms with Gasteiger partial charge in [0.25, 0.3) is 0 Å². The number of carbonyl (C=O) groups is 1. The van der Waals surface area contributed by atoms with Gasteiger partial charge in [0.05, 0.1) is 19.1 Å². The van der Waals surface area contributed by atoms with Crippen molar-refractivity contribution in [3.63, 3.8) is 0 Å². The minimum Gasteiger partial charge on any atom is -0.383 e. The molecule has 0 unspecified atom stereocenters. The highest BCUT2D eigenvalue weighted by molar-refractivity contribution is 5.84. The molecule has 0 saturated heterocycles. The van der Waals surface area contributed by atoms with Crippen LogP contribution in [0.2, 0.25) is 0 Å². The van der Waals surface area contributed by atoms with E-state index in [9.17, 15) is 4.79 Å². The van der Waals surface area contributed by atoms with Gasteiger partial charge in [0.1, 0.15) is 0 Å². The van der Waals surface area contributed by atoms with E-state index in [1.165, 1.54) is 0 Å². The van der Waals surface area contributed by atoms with Gasteiger partial charge in [0, 0.05) is 31.5 Å². The molecule has 0 aromatic heterocycles. The second-order valence-electron chi connectivity index (χ2n) is 3.56. The predicted octanol–water partition coefficient (Wildman–Crippen LogP) is 1.87. The number of rotatable bonds is 7. The average Bonchev–Trinajstić information content (AvgIpc) is 2.39. The van der Waals surface area contributed by atoms with Crippen LogP contribution in [0, 0.1) is 11.3 Å². The van der Waals surface area contributed by atoms with Crippen molar-refractivity contribution < 1.29 is 9.53 Å². The summed E-state index contributed by atoms with van der Waals surface area (Å²) in [6, 6.07) is 9.48. The van der Waals surface area contributed by atoms with E-state index >= 15 is 0 Å². The highest BCUT2D eigenvalue weighted by Crippen LogP contribution is 2.18. The monoisotopic (exact) mass is 232 g/mol. The molecule has 0 amide bonds. The zero-order chi connectivity index (χ0) is 12.5. The fourth-order valence-electron chi connectivity index (χ4n) is 1.61. The van der Waals surface area contributed by atoms with Crippen LogP contribution in [0.5, 0.6) is 0 Å². The topological polar surface area (TPSA) is 53.3 Å². The van der Waals surface area contributed by atoms with Crippen molar-refractivity contribution in [2.45, 2.75) is 6.42 Å².